The van der Waals surface area contributed by atoms with Crippen molar-refractivity contribution >= 4 is 17.1 Å². The monoisotopic (exact) mass is 465 g/mol. The van der Waals surface area contributed by atoms with Crippen molar-refractivity contribution in [2.24, 2.45) is 11.8 Å². The first kappa shape index (κ1) is 27.2. The zero-order valence-electron chi connectivity index (χ0n) is 21.7. The molecule has 2 N–H and O–H groups in total. The highest BCUT2D eigenvalue weighted by atomic mass is 19.1. The molecule has 0 saturated heterocycles. The molecule has 0 fully saturated rings. The molecule has 0 amide bonds. The summed E-state index contributed by atoms with van der Waals surface area (Å²) in [4.78, 5) is 7.17. The van der Waals surface area contributed by atoms with Gasteiger partial charge in [-0.1, -0.05) is 60.3 Å². The molecule has 184 valence electrons. The Morgan fingerprint density at radius 3 is 2.12 bits per heavy atom. The molecule has 34 heavy (non-hydrogen) atoms. The van der Waals surface area contributed by atoms with Crippen LogP contribution in [0.1, 0.15) is 65.8 Å². The van der Waals surface area contributed by atoms with Gasteiger partial charge in [0.1, 0.15) is 11.6 Å². The molecule has 5 heteroatoms. The Bertz CT molecular complexity index is 1050. The molecule has 0 aliphatic rings. The van der Waals surface area contributed by atoms with Gasteiger partial charge in [-0.25, -0.2) is 9.37 Å². The summed E-state index contributed by atoms with van der Waals surface area (Å²) in [6, 6.07) is 12.4. The number of nitrogens with two attached hydrogens (primary N) is 1. The molecule has 0 radical (unpaired) electrons. The van der Waals surface area contributed by atoms with Crippen molar-refractivity contribution in [3.8, 4) is 11.1 Å². The first-order chi connectivity index (χ1) is 16.0. The minimum Gasteiger partial charge on any atom is -0.465 e. The lowest BCUT2D eigenvalue weighted by Gasteiger charge is -2.30. The molecular weight excluding hydrogens is 425 g/mol. The predicted molar refractivity (Wildman–Crippen MR) is 143 cm³/mol. The van der Waals surface area contributed by atoms with Crippen molar-refractivity contribution < 1.29 is 8.81 Å². The van der Waals surface area contributed by atoms with Crippen LogP contribution in [0.25, 0.3) is 16.7 Å². The Kier molecular flexibility index (Phi) is 9.91. The van der Waals surface area contributed by atoms with E-state index >= 15 is 0 Å². The highest BCUT2D eigenvalue weighted by molar-refractivity contribution is 5.84. The van der Waals surface area contributed by atoms with Crippen molar-refractivity contribution in [2.45, 2.75) is 54.4 Å². The molecule has 0 atom stereocenters. The van der Waals surface area contributed by atoms with E-state index in [1.54, 1.807) is 12.3 Å². The summed E-state index contributed by atoms with van der Waals surface area (Å²) >= 11 is 0. The van der Waals surface area contributed by atoms with Gasteiger partial charge in [-0.05, 0) is 66.1 Å². The largest absolute Gasteiger partial charge is 0.465 e. The van der Waals surface area contributed by atoms with Crippen LogP contribution < -0.4 is 10.6 Å². The number of hydrogen-bond acceptors (Lipinski definition) is 4. The zero-order chi connectivity index (χ0) is 25.4. The minimum absolute atomic E-state index is 0.257. The van der Waals surface area contributed by atoms with Crippen LogP contribution in [0.4, 0.5) is 15.9 Å². The quantitative estimate of drug-likeness (QED) is 0.366. The highest BCUT2D eigenvalue weighted by Crippen LogP contribution is 2.36. The average molecular weight is 466 g/mol. The number of nitrogen functional groups attached to an aromatic ring is 1. The summed E-state index contributed by atoms with van der Waals surface area (Å²) in [6.45, 7) is 20.4. The van der Waals surface area contributed by atoms with Gasteiger partial charge in [0, 0.05) is 24.3 Å². The Balaban J connectivity index is 0.000000430. The second kappa shape index (κ2) is 12.4. The Labute approximate surface area is 204 Å². The van der Waals surface area contributed by atoms with E-state index in [9.17, 15) is 4.39 Å². The van der Waals surface area contributed by atoms with E-state index in [4.69, 9.17) is 15.1 Å². The Morgan fingerprint density at radius 2 is 1.68 bits per heavy atom. The lowest BCUT2D eigenvalue weighted by atomic mass is 9.99. The van der Waals surface area contributed by atoms with Gasteiger partial charge in [0.25, 0.3) is 0 Å². The fourth-order valence-electron chi connectivity index (χ4n) is 3.64. The van der Waals surface area contributed by atoms with E-state index in [1.807, 2.05) is 31.2 Å². The number of benzene rings is 1. The summed E-state index contributed by atoms with van der Waals surface area (Å²) in [5.41, 5.74) is 10.8. The Morgan fingerprint density at radius 1 is 1.03 bits per heavy atom. The van der Waals surface area contributed by atoms with E-state index in [0.29, 0.717) is 17.5 Å². The van der Waals surface area contributed by atoms with Gasteiger partial charge in [0.2, 0.25) is 0 Å². The maximum Gasteiger partial charge on any atom is 0.152 e. The van der Waals surface area contributed by atoms with Gasteiger partial charge in [-0.15, -0.1) is 0 Å². The average Bonchev–Trinajstić information content (AvgIpc) is 3.28. The van der Waals surface area contributed by atoms with Crippen molar-refractivity contribution in [1.82, 2.24) is 4.98 Å². The summed E-state index contributed by atoms with van der Waals surface area (Å²) in [5.74, 6) is 2.68. The van der Waals surface area contributed by atoms with Crippen LogP contribution in [0.3, 0.4) is 0 Å². The van der Waals surface area contributed by atoms with Gasteiger partial charge in [-0.3, -0.25) is 0 Å². The first-order valence-corrected chi connectivity index (χ1v) is 12.0. The number of nitrogens with zero attached hydrogens (tertiary/aromatic N) is 2. The molecule has 1 aromatic carbocycles. The van der Waals surface area contributed by atoms with E-state index < -0.39 is 0 Å². The fraction of sp³-hybridized carbons (Fsp3) is 0.414. The summed E-state index contributed by atoms with van der Waals surface area (Å²) < 4.78 is 18.8. The molecule has 4 nitrogen and oxygen atoms in total. The summed E-state index contributed by atoms with van der Waals surface area (Å²) in [5, 5.41) is 0. The van der Waals surface area contributed by atoms with E-state index in [1.165, 1.54) is 12.1 Å². The summed E-state index contributed by atoms with van der Waals surface area (Å²) in [6.07, 6.45) is 1.64. The molecule has 0 spiro atoms. The number of pyridine rings is 1. The molecule has 2 heterocycles. The van der Waals surface area contributed by atoms with E-state index in [2.05, 4.69) is 53.0 Å². The third-order valence-corrected chi connectivity index (χ3v) is 5.20. The van der Waals surface area contributed by atoms with Crippen LogP contribution in [0.2, 0.25) is 0 Å². The predicted octanol–water partition coefficient (Wildman–Crippen LogP) is 8.02. The second-order valence-electron chi connectivity index (χ2n) is 9.95. The molecule has 2 aromatic heterocycles. The van der Waals surface area contributed by atoms with Crippen molar-refractivity contribution in [1.29, 1.82) is 0 Å². The number of halogens is 1. The summed E-state index contributed by atoms with van der Waals surface area (Å²) in [7, 11) is 0. The lowest BCUT2D eigenvalue weighted by molar-refractivity contribution is 0.548. The van der Waals surface area contributed by atoms with Crippen molar-refractivity contribution in [2.75, 3.05) is 23.7 Å². The van der Waals surface area contributed by atoms with Crippen LogP contribution in [0.15, 0.2) is 59.7 Å². The highest BCUT2D eigenvalue weighted by Gasteiger charge is 2.20. The van der Waals surface area contributed by atoms with Gasteiger partial charge in [0.05, 0.1) is 12.0 Å². The van der Waals surface area contributed by atoms with Gasteiger partial charge in [-0.2, -0.15) is 0 Å². The van der Waals surface area contributed by atoms with Crippen molar-refractivity contribution in [3.63, 3.8) is 0 Å². The third-order valence-electron chi connectivity index (χ3n) is 5.20. The number of rotatable bonds is 8. The van der Waals surface area contributed by atoms with Gasteiger partial charge >= 0.3 is 0 Å². The molecular formula is C29H40FN3O. The zero-order valence-corrected chi connectivity index (χ0v) is 21.7. The maximum absolute atomic E-state index is 13.8. The number of allylic oxidation sites excluding steroid dienone is 1. The normalized spacial score (nSPS) is 11.0. The van der Waals surface area contributed by atoms with Crippen LogP contribution in [-0.2, 0) is 0 Å². The molecule has 3 rings (SSSR count). The van der Waals surface area contributed by atoms with Crippen LogP contribution in [-0.4, -0.2) is 18.1 Å². The number of aromatic nitrogens is 1. The fourth-order valence-corrected chi connectivity index (χ4v) is 3.64. The molecule has 0 aliphatic carbocycles. The number of anilines is 2. The molecule has 0 aliphatic heterocycles. The van der Waals surface area contributed by atoms with Crippen LogP contribution >= 0.6 is 0 Å². The van der Waals surface area contributed by atoms with E-state index in [0.717, 1.165) is 47.1 Å². The number of furan rings is 1. The molecule has 0 bridgehead atoms. The topological polar surface area (TPSA) is 55.3 Å². The minimum atomic E-state index is -0.257. The smallest absolute Gasteiger partial charge is 0.152 e. The van der Waals surface area contributed by atoms with Crippen LogP contribution in [0.5, 0.6) is 0 Å². The SMILES string of the molecule is C=C(C)c1ccco1.CC(C)CN(CC(C)C)c1nc(C(C)C)cc(-c2cccc(F)c2)c1N. The molecule has 0 unspecified atom stereocenters. The molecule has 3 aromatic rings. The van der Waals surface area contributed by atoms with Gasteiger partial charge in [0.15, 0.2) is 5.82 Å². The second-order valence-corrected chi connectivity index (χ2v) is 9.95. The molecule has 0 saturated carbocycles. The van der Waals surface area contributed by atoms with Crippen molar-refractivity contribution in [3.05, 3.63) is 72.6 Å². The van der Waals surface area contributed by atoms with Gasteiger partial charge < -0.3 is 15.1 Å². The maximum atomic E-state index is 13.8. The Hall–Kier alpha value is -3.08. The standard InChI is InChI=1S/C22H32FN3.C7H8O/c1-14(2)12-26(13-15(3)4)22-21(24)19(11-20(25-22)16(5)6)17-8-7-9-18(23)10-17;1-6(2)7-4-3-5-8-7/h7-11,14-16H,12-13,24H2,1-6H3;3-5H,1H2,2H3. The third kappa shape index (κ3) is 7.75. The van der Waals surface area contributed by atoms with Crippen LogP contribution in [0, 0.1) is 17.7 Å². The first-order valence-electron chi connectivity index (χ1n) is 12.0. The number of hydrogen-bond donors (Lipinski definition) is 1. The lowest BCUT2D eigenvalue weighted by Crippen LogP contribution is -2.33. The van der Waals surface area contributed by atoms with E-state index in [-0.39, 0.29) is 11.7 Å².